The molecule has 3 nitrogen and oxygen atoms in total. The predicted molar refractivity (Wildman–Crippen MR) is 93.4 cm³/mol. The fourth-order valence-corrected chi connectivity index (χ4v) is 2.27. The SMILES string of the molecule is Cc1cc(N)c(Nc2ccc(OC(C)(C)C)cc2)cc1Br. The lowest BCUT2D eigenvalue weighted by Crippen LogP contribution is -2.22. The number of aryl methyl sites for hydroxylation is 1. The van der Waals surface area contributed by atoms with Crippen LogP contribution >= 0.6 is 15.9 Å². The van der Waals surface area contributed by atoms with Crippen LogP contribution in [0.5, 0.6) is 5.75 Å². The van der Waals surface area contributed by atoms with Crippen molar-refractivity contribution >= 4 is 33.0 Å². The molecule has 0 aromatic heterocycles. The largest absolute Gasteiger partial charge is 0.488 e. The number of anilines is 3. The lowest BCUT2D eigenvalue weighted by atomic mass is 10.2. The van der Waals surface area contributed by atoms with Crippen molar-refractivity contribution in [3.8, 4) is 5.75 Å². The zero-order chi connectivity index (χ0) is 15.6. The van der Waals surface area contributed by atoms with Crippen LogP contribution in [0, 0.1) is 6.92 Å². The molecule has 0 unspecified atom stereocenters. The van der Waals surface area contributed by atoms with Gasteiger partial charge in [-0.1, -0.05) is 15.9 Å². The molecule has 2 rings (SSSR count). The maximum Gasteiger partial charge on any atom is 0.120 e. The number of hydrogen-bond donors (Lipinski definition) is 2. The predicted octanol–water partition coefficient (Wildman–Crippen LogP) is 5.26. The van der Waals surface area contributed by atoms with Gasteiger partial charge in [0.25, 0.3) is 0 Å². The first-order chi connectivity index (χ1) is 9.74. The lowest BCUT2D eigenvalue weighted by molar-refractivity contribution is 0.131. The standard InChI is InChI=1S/C17H21BrN2O/c1-11-9-15(19)16(10-14(11)18)20-12-5-7-13(8-6-12)21-17(2,3)4/h5-10,20H,19H2,1-4H3. The molecule has 0 radical (unpaired) electrons. The average molecular weight is 349 g/mol. The first-order valence-electron chi connectivity index (χ1n) is 6.86. The Hall–Kier alpha value is -1.68. The Morgan fingerprint density at radius 2 is 1.71 bits per heavy atom. The van der Waals surface area contributed by atoms with Crippen LogP contribution in [0.3, 0.4) is 0 Å². The van der Waals surface area contributed by atoms with Gasteiger partial charge in [-0.3, -0.25) is 0 Å². The summed E-state index contributed by atoms with van der Waals surface area (Å²) in [5, 5.41) is 3.32. The van der Waals surface area contributed by atoms with E-state index in [0.29, 0.717) is 0 Å². The minimum absolute atomic E-state index is 0.193. The molecule has 3 N–H and O–H groups in total. The normalized spacial score (nSPS) is 11.3. The fraction of sp³-hybridized carbons (Fsp3) is 0.294. The van der Waals surface area contributed by atoms with E-state index in [9.17, 15) is 0 Å². The number of nitrogens with one attached hydrogen (secondary N) is 1. The van der Waals surface area contributed by atoms with Crippen molar-refractivity contribution in [1.29, 1.82) is 0 Å². The Kier molecular flexibility index (Phi) is 4.47. The number of ether oxygens (including phenoxy) is 1. The summed E-state index contributed by atoms with van der Waals surface area (Å²) in [4.78, 5) is 0. The summed E-state index contributed by atoms with van der Waals surface area (Å²) in [6.07, 6.45) is 0. The van der Waals surface area contributed by atoms with Crippen molar-refractivity contribution in [2.24, 2.45) is 0 Å². The molecular weight excluding hydrogens is 328 g/mol. The van der Waals surface area contributed by atoms with Crippen LogP contribution in [0.4, 0.5) is 17.1 Å². The molecular formula is C17H21BrN2O. The molecule has 21 heavy (non-hydrogen) atoms. The van der Waals surface area contributed by atoms with E-state index in [4.69, 9.17) is 10.5 Å². The summed E-state index contributed by atoms with van der Waals surface area (Å²) in [6, 6.07) is 11.8. The van der Waals surface area contributed by atoms with Crippen LogP contribution in [-0.2, 0) is 0 Å². The quantitative estimate of drug-likeness (QED) is 0.743. The molecule has 0 bridgehead atoms. The Balaban J connectivity index is 2.16. The van der Waals surface area contributed by atoms with Gasteiger partial charge in [0.05, 0.1) is 11.4 Å². The van der Waals surface area contributed by atoms with Crippen LogP contribution in [0.15, 0.2) is 40.9 Å². The van der Waals surface area contributed by atoms with Crippen LogP contribution in [0.1, 0.15) is 26.3 Å². The minimum Gasteiger partial charge on any atom is -0.488 e. The third kappa shape index (κ3) is 4.39. The molecule has 0 aliphatic carbocycles. The van der Waals surface area contributed by atoms with E-state index in [1.807, 2.05) is 64.1 Å². The highest BCUT2D eigenvalue weighted by molar-refractivity contribution is 9.10. The topological polar surface area (TPSA) is 47.3 Å². The van der Waals surface area contributed by atoms with Crippen LogP contribution < -0.4 is 15.8 Å². The Morgan fingerprint density at radius 3 is 2.29 bits per heavy atom. The molecule has 4 heteroatoms. The molecule has 0 heterocycles. The van der Waals surface area contributed by atoms with Gasteiger partial charge >= 0.3 is 0 Å². The van der Waals surface area contributed by atoms with Gasteiger partial charge < -0.3 is 15.8 Å². The lowest BCUT2D eigenvalue weighted by Gasteiger charge is -2.21. The molecule has 2 aromatic rings. The Bertz CT molecular complexity index is 630. The van der Waals surface area contributed by atoms with E-state index < -0.39 is 0 Å². The van der Waals surface area contributed by atoms with Gasteiger partial charge in [0, 0.05) is 10.2 Å². The highest BCUT2D eigenvalue weighted by Crippen LogP contribution is 2.30. The number of benzene rings is 2. The zero-order valence-corrected chi connectivity index (χ0v) is 14.4. The Labute approximate surface area is 134 Å². The van der Waals surface area contributed by atoms with Crippen LogP contribution in [-0.4, -0.2) is 5.60 Å². The molecule has 0 aliphatic rings. The minimum atomic E-state index is -0.193. The molecule has 0 amide bonds. The summed E-state index contributed by atoms with van der Waals surface area (Å²) in [7, 11) is 0. The number of nitrogen functional groups attached to an aromatic ring is 1. The second kappa shape index (κ2) is 5.98. The number of rotatable bonds is 3. The molecule has 0 saturated carbocycles. The van der Waals surface area contributed by atoms with Crippen molar-refractivity contribution in [2.45, 2.75) is 33.3 Å². The maximum atomic E-state index is 6.04. The van der Waals surface area contributed by atoms with Gasteiger partial charge in [-0.25, -0.2) is 0 Å². The summed E-state index contributed by atoms with van der Waals surface area (Å²) in [5.74, 6) is 0.853. The number of nitrogens with two attached hydrogens (primary N) is 1. The van der Waals surface area contributed by atoms with Gasteiger partial charge in [0.2, 0.25) is 0 Å². The number of hydrogen-bond acceptors (Lipinski definition) is 3. The van der Waals surface area contributed by atoms with E-state index in [0.717, 1.165) is 32.8 Å². The van der Waals surface area contributed by atoms with E-state index in [1.54, 1.807) is 0 Å². The van der Waals surface area contributed by atoms with Gasteiger partial charge in [-0.05, 0) is 69.7 Å². The summed E-state index contributed by atoms with van der Waals surface area (Å²) in [5.41, 5.74) is 9.55. The van der Waals surface area contributed by atoms with Gasteiger partial charge in [0.15, 0.2) is 0 Å². The van der Waals surface area contributed by atoms with E-state index in [2.05, 4.69) is 21.2 Å². The molecule has 0 aliphatic heterocycles. The van der Waals surface area contributed by atoms with Crippen molar-refractivity contribution in [1.82, 2.24) is 0 Å². The summed E-state index contributed by atoms with van der Waals surface area (Å²) < 4.78 is 6.84. The molecule has 0 fully saturated rings. The summed E-state index contributed by atoms with van der Waals surface area (Å²) >= 11 is 3.52. The van der Waals surface area contributed by atoms with Crippen LogP contribution in [0.2, 0.25) is 0 Å². The molecule has 2 aromatic carbocycles. The van der Waals surface area contributed by atoms with E-state index in [-0.39, 0.29) is 5.60 Å². The molecule has 0 saturated heterocycles. The third-order valence-corrected chi connectivity index (χ3v) is 3.74. The second-order valence-electron chi connectivity index (χ2n) is 6.05. The van der Waals surface area contributed by atoms with Crippen molar-refractivity contribution in [3.05, 3.63) is 46.4 Å². The molecule has 0 atom stereocenters. The highest BCUT2D eigenvalue weighted by atomic mass is 79.9. The van der Waals surface area contributed by atoms with Crippen molar-refractivity contribution in [2.75, 3.05) is 11.1 Å². The van der Waals surface area contributed by atoms with Gasteiger partial charge in [-0.15, -0.1) is 0 Å². The first-order valence-corrected chi connectivity index (χ1v) is 7.65. The smallest absolute Gasteiger partial charge is 0.120 e. The molecule has 112 valence electrons. The fourth-order valence-electron chi connectivity index (χ4n) is 1.93. The second-order valence-corrected chi connectivity index (χ2v) is 6.91. The first kappa shape index (κ1) is 15.7. The van der Waals surface area contributed by atoms with Crippen molar-refractivity contribution < 1.29 is 4.74 Å². The Morgan fingerprint density at radius 1 is 1.10 bits per heavy atom. The van der Waals surface area contributed by atoms with E-state index >= 15 is 0 Å². The maximum absolute atomic E-state index is 6.04. The van der Waals surface area contributed by atoms with Gasteiger partial charge in [0.1, 0.15) is 11.4 Å². The third-order valence-electron chi connectivity index (χ3n) is 2.89. The zero-order valence-electron chi connectivity index (χ0n) is 12.8. The van der Waals surface area contributed by atoms with Crippen LogP contribution in [0.25, 0.3) is 0 Å². The monoisotopic (exact) mass is 348 g/mol. The molecule has 0 spiro atoms. The van der Waals surface area contributed by atoms with Gasteiger partial charge in [-0.2, -0.15) is 0 Å². The highest BCUT2D eigenvalue weighted by Gasteiger charge is 2.11. The number of halogens is 1. The van der Waals surface area contributed by atoms with Crippen molar-refractivity contribution in [3.63, 3.8) is 0 Å². The average Bonchev–Trinajstić information content (AvgIpc) is 2.36. The summed E-state index contributed by atoms with van der Waals surface area (Å²) in [6.45, 7) is 8.11. The van der Waals surface area contributed by atoms with E-state index in [1.165, 1.54) is 0 Å².